The SMILES string of the molecule is CCCCCC(=O)Nc1nccnc1C(=O)O. The van der Waals surface area contributed by atoms with Crippen LogP contribution in [-0.4, -0.2) is 27.0 Å². The van der Waals surface area contributed by atoms with E-state index in [1.807, 2.05) is 6.92 Å². The largest absolute Gasteiger partial charge is 0.476 e. The van der Waals surface area contributed by atoms with E-state index < -0.39 is 5.97 Å². The maximum Gasteiger partial charge on any atom is 0.358 e. The van der Waals surface area contributed by atoms with Crippen molar-refractivity contribution in [1.29, 1.82) is 0 Å². The molecule has 0 bridgehead atoms. The molecule has 0 radical (unpaired) electrons. The van der Waals surface area contributed by atoms with Crippen molar-refractivity contribution in [3.05, 3.63) is 18.1 Å². The van der Waals surface area contributed by atoms with Crippen LogP contribution in [0.3, 0.4) is 0 Å². The van der Waals surface area contributed by atoms with E-state index in [1.54, 1.807) is 0 Å². The van der Waals surface area contributed by atoms with Gasteiger partial charge in [0.2, 0.25) is 5.91 Å². The van der Waals surface area contributed by atoms with Crippen molar-refractivity contribution in [1.82, 2.24) is 9.97 Å². The lowest BCUT2D eigenvalue weighted by Crippen LogP contribution is -2.16. The number of anilines is 1. The number of carboxylic acids is 1. The number of rotatable bonds is 6. The molecule has 0 aliphatic heterocycles. The topological polar surface area (TPSA) is 92.2 Å². The molecule has 1 aromatic heterocycles. The van der Waals surface area contributed by atoms with Crippen LogP contribution in [0.4, 0.5) is 5.82 Å². The van der Waals surface area contributed by atoms with Gasteiger partial charge in [0.15, 0.2) is 11.5 Å². The van der Waals surface area contributed by atoms with E-state index in [0.29, 0.717) is 6.42 Å². The lowest BCUT2D eigenvalue weighted by Gasteiger charge is -2.05. The van der Waals surface area contributed by atoms with Crippen LogP contribution in [0.5, 0.6) is 0 Å². The Balaban J connectivity index is 2.61. The van der Waals surface area contributed by atoms with Gasteiger partial charge in [0, 0.05) is 18.8 Å². The van der Waals surface area contributed by atoms with Gasteiger partial charge < -0.3 is 10.4 Å². The summed E-state index contributed by atoms with van der Waals surface area (Å²) < 4.78 is 0. The monoisotopic (exact) mass is 237 g/mol. The summed E-state index contributed by atoms with van der Waals surface area (Å²) in [7, 11) is 0. The molecule has 1 rings (SSSR count). The first-order chi connectivity index (χ1) is 8.15. The number of aromatic carboxylic acids is 1. The molecule has 0 saturated carbocycles. The highest BCUT2D eigenvalue weighted by Gasteiger charge is 2.14. The Hall–Kier alpha value is -1.98. The third-order valence-electron chi connectivity index (χ3n) is 2.17. The smallest absolute Gasteiger partial charge is 0.358 e. The summed E-state index contributed by atoms with van der Waals surface area (Å²) in [5, 5.41) is 11.3. The maximum absolute atomic E-state index is 11.5. The van der Waals surface area contributed by atoms with E-state index in [9.17, 15) is 9.59 Å². The normalized spacial score (nSPS) is 9.94. The third-order valence-corrected chi connectivity index (χ3v) is 2.17. The molecule has 0 fully saturated rings. The van der Waals surface area contributed by atoms with Crippen LogP contribution >= 0.6 is 0 Å². The van der Waals surface area contributed by atoms with Crippen molar-refractivity contribution >= 4 is 17.7 Å². The highest BCUT2D eigenvalue weighted by atomic mass is 16.4. The molecule has 0 aliphatic rings. The first-order valence-electron chi connectivity index (χ1n) is 5.49. The second kappa shape index (κ2) is 6.57. The molecule has 6 heteroatoms. The molecule has 0 spiro atoms. The molecule has 1 aromatic rings. The number of amides is 1. The van der Waals surface area contributed by atoms with Crippen LogP contribution in [0, 0.1) is 0 Å². The summed E-state index contributed by atoms with van der Waals surface area (Å²) in [5.41, 5.74) is -0.239. The minimum Gasteiger partial charge on any atom is -0.476 e. The number of hydrogen-bond acceptors (Lipinski definition) is 4. The maximum atomic E-state index is 11.5. The Morgan fingerprint density at radius 1 is 1.29 bits per heavy atom. The summed E-state index contributed by atoms with van der Waals surface area (Å²) in [6.45, 7) is 2.04. The fraction of sp³-hybridized carbons (Fsp3) is 0.455. The number of carbonyl (C=O) groups excluding carboxylic acids is 1. The van der Waals surface area contributed by atoms with Crippen molar-refractivity contribution in [3.8, 4) is 0 Å². The number of carboxylic acid groups (broad SMARTS) is 1. The average Bonchev–Trinajstić information content (AvgIpc) is 2.29. The van der Waals surface area contributed by atoms with Crippen molar-refractivity contribution in [2.75, 3.05) is 5.32 Å². The first-order valence-corrected chi connectivity index (χ1v) is 5.49. The van der Waals surface area contributed by atoms with Crippen molar-refractivity contribution < 1.29 is 14.7 Å². The number of aromatic nitrogens is 2. The molecule has 0 aliphatic carbocycles. The minimum absolute atomic E-state index is 0.00139. The zero-order valence-corrected chi connectivity index (χ0v) is 9.64. The van der Waals surface area contributed by atoms with Gasteiger partial charge in [0.05, 0.1) is 0 Å². The standard InChI is InChI=1S/C11H15N3O3/c1-2-3-4-5-8(15)14-10-9(11(16)17)12-6-7-13-10/h6-7H,2-5H2,1H3,(H,16,17)(H,13,14,15). The van der Waals surface area contributed by atoms with Gasteiger partial charge in [-0.15, -0.1) is 0 Å². The van der Waals surface area contributed by atoms with Crippen molar-refractivity contribution in [2.45, 2.75) is 32.6 Å². The van der Waals surface area contributed by atoms with E-state index in [1.165, 1.54) is 12.4 Å². The third kappa shape index (κ3) is 4.18. The Labute approximate surface area is 99.1 Å². The predicted octanol–water partition coefficient (Wildman–Crippen LogP) is 1.69. The van der Waals surface area contributed by atoms with Gasteiger partial charge >= 0.3 is 5.97 Å². The molecule has 1 heterocycles. The van der Waals surface area contributed by atoms with Gasteiger partial charge in [-0.2, -0.15) is 0 Å². The van der Waals surface area contributed by atoms with Crippen molar-refractivity contribution in [3.63, 3.8) is 0 Å². The van der Waals surface area contributed by atoms with E-state index in [4.69, 9.17) is 5.11 Å². The van der Waals surface area contributed by atoms with E-state index in [-0.39, 0.29) is 17.4 Å². The van der Waals surface area contributed by atoms with Crippen LogP contribution in [0.1, 0.15) is 43.1 Å². The number of nitrogens with one attached hydrogen (secondary N) is 1. The average molecular weight is 237 g/mol. The molecule has 0 saturated heterocycles. The lowest BCUT2D eigenvalue weighted by molar-refractivity contribution is -0.116. The van der Waals surface area contributed by atoms with Gasteiger partial charge in [-0.25, -0.2) is 14.8 Å². The van der Waals surface area contributed by atoms with Gasteiger partial charge in [-0.3, -0.25) is 4.79 Å². The Morgan fingerprint density at radius 3 is 2.65 bits per heavy atom. The molecule has 0 aromatic carbocycles. The zero-order chi connectivity index (χ0) is 12.7. The first kappa shape index (κ1) is 13.1. The summed E-state index contributed by atoms with van der Waals surface area (Å²) in [6, 6.07) is 0. The predicted molar refractivity (Wildman–Crippen MR) is 61.8 cm³/mol. The molecule has 17 heavy (non-hydrogen) atoms. The summed E-state index contributed by atoms with van der Waals surface area (Å²) >= 11 is 0. The Morgan fingerprint density at radius 2 is 2.00 bits per heavy atom. The quantitative estimate of drug-likeness (QED) is 0.734. The molecule has 0 unspecified atom stereocenters. The summed E-state index contributed by atoms with van der Waals surface area (Å²) in [5.74, 6) is -1.44. The second-order valence-electron chi connectivity index (χ2n) is 3.56. The van der Waals surface area contributed by atoms with E-state index >= 15 is 0 Å². The second-order valence-corrected chi connectivity index (χ2v) is 3.56. The number of hydrogen-bond donors (Lipinski definition) is 2. The van der Waals surface area contributed by atoms with Gasteiger partial charge in [0.25, 0.3) is 0 Å². The molecular weight excluding hydrogens is 222 g/mol. The fourth-order valence-electron chi connectivity index (χ4n) is 1.32. The highest BCUT2D eigenvalue weighted by molar-refractivity contribution is 5.97. The number of unbranched alkanes of at least 4 members (excludes halogenated alkanes) is 2. The number of carbonyl (C=O) groups is 2. The molecule has 92 valence electrons. The molecule has 0 atom stereocenters. The van der Waals surface area contributed by atoms with Gasteiger partial charge in [-0.05, 0) is 6.42 Å². The van der Waals surface area contributed by atoms with Crippen LogP contribution in [-0.2, 0) is 4.79 Å². The summed E-state index contributed by atoms with van der Waals surface area (Å²) in [6.07, 6.45) is 5.76. The van der Waals surface area contributed by atoms with E-state index in [0.717, 1.165) is 19.3 Å². The molecular formula is C11H15N3O3. The minimum atomic E-state index is -1.21. The number of nitrogens with zero attached hydrogens (tertiary/aromatic N) is 2. The Bertz CT molecular complexity index is 407. The molecule has 1 amide bonds. The Kier molecular flexibility index (Phi) is 5.06. The van der Waals surface area contributed by atoms with Crippen LogP contribution in [0.25, 0.3) is 0 Å². The van der Waals surface area contributed by atoms with Crippen LogP contribution in [0.2, 0.25) is 0 Å². The highest BCUT2D eigenvalue weighted by Crippen LogP contribution is 2.09. The summed E-state index contributed by atoms with van der Waals surface area (Å²) in [4.78, 5) is 29.7. The molecule has 2 N–H and O–H groups in total. The van der Waals surface area contributed by atoms with Crippen LogP contribution in [0.15, 0.2) is 12.4 Å². The molecule has 6 nitrogen and oxygen atoms in total. The van der Waals surface area contributed by atoms with Crippen molar-refractivity contribution in [2.24, 2.45) is 0 Å². The zero-order valence-electron chi connectivity index (χ0n) is 9.64. The lowest BCUT2D eigenvalue weighted by atomic mass is 10.2. The van der Waals surface area contributed by atoms with Gasteiger partial charge in [0.1, 0.15) is 0 Å². The van der Waals surface area contributed by atoms with E-state index in [2.05, 4.69) is 15.3 Å². The van der Waals surface area contributed by atoms with Crippen LogP contribution < -0.4 is 5.32 Å². The van der Waals surface area contributed by atoms with Gasteiger partial charge in [-0.1, -0.05) is 19.8 Å². The fourth-order valence-corrected chi connectivity index (χ4v) is 1.32.